The summed E-state index contributed by atoms with van der Waals surface area (Å²) in [4.78, 5) is 30.9. The number of methoxy groups -OCH3 is 2. The molecular formula is C19H22FN3O4S. The molecule has 1 aliphatic heterocycles. The van der Waals surface area contributed by atoms with Gasteiger partial charge in [-0.2, -0.15) is 0 Å². The molecule has 3 rings (SSSR count). The van der Waals surface area contributed by atoms with Gasteiger partial charge in [0.25, 0.3) is 5.91 Å². The third-order valence-electron chi connectivity index (χ3n) is 4.43. The maximum atomic E-state index is 13.5. The highest BCUT2D eigenvalue weighted by atomic mass is 32.1. The summed E-state index contributed by atoms with van der Waals surface area (Å²) in [6.45, 7) is 2.30. The molecule has 0 aliphatic carbocycles. The molecule has 7 nitrogen and oxygen atoms in total. The monoisotopic (exact) mass is 407 g/mol. The molecular weight excluding hydrogens is 385 g/mol. The van der Waals surface area contributed by atoms with Crippen molar-refractivity contribution in [2.24, 2.45) is 0 Å². The van der Waals surface area contributed by atoms with E-state index in [2.05, 4.69) is 10.3 Å². The minimum absolute atomic E-state index is 0.0675. The van der Waals surface area contributed by atoms with Crippen molar-refractivity contribution in [2.75, 3.05) is 32.6 Å². The Kier molecular flexibility index (Phi) is 6.13. The number of amides is 2. The molecule has 9 heteroatoms. The van der Waals surface area contributed by atoms with Gasteiger partial charge in [0.15, 0.2) is 11.5 Å². The van der Waals surface area contributed by atoms with Gasteiger partial charge in [-0.25, -0.2) is 9.37 Å². The summed E-state index contributed by atoms with van der Waals surface area (Å²) in [5, 5.41) is 5.47. The van der Waals surface area contributed by atoms with E-state index < -0.39 is 6.17 Å². The number of carbonyl (C=O) groups excluding carboxylic acids is 2. The second-order valence-corrected chi connectivity index (χ2v) is 7.54. The van der Waals surface area contributed by atoms with E-state index >= 15 is 0 Å². The highest BCUT2D eigenvalue weighted by Gasteiger charge is 2.28. The van der Waals surface area contributed by atoms with Crippen molar-refractivity contribution < 1.29 is 23.5 Å². The summed E-state index contributed by atoms with van der Waals surface area (Å²) in [6.07, 6.45) is -0.580. The van der Waals surface area contributed by atoms with Crippen LogP contribution in [-0.2, 0) is 11.2 Å². The van der Waals surface area contributed by atoms with Crippen LogP contribution in [0.5, 0.6) is 11.5 Å². The highest BCUT2D eigenvalue weighted by Crippen LogP contribution is 2.37. The van der Waals surface area contributed by atoms with E-state index in [1.54, 1.807) is 0 Å². The Bertz CT molecular complexity index is 886. The maximum Gasteiger partial charge on any atom is 0.254 e. The molecule has 0 spiro atoms. The molecule has 0 bridgehead atoms. The van der Waals surface area contributed by atoms with E-state index in [9.17, 15) is 14.0 Å². The molecule has 0 unspecified atom stereocenters. The topological polar surface area (TPSA) is 80.8 Å². The van der Waals surface area contributed by atoms with Crippen LogP contribution in [0.25, 0.3) is 0 Å². The number of hydrogen-bond acceptors (Lipinski definition) is 6. The van der Waals surface area contributed by atoms with Crippen molar-refractivity contribution in [1.29, 1.82) is 0 Å². The van der Waals surface area contributed by atoms with Gasteiger partial charge in [-0.3, -0.25) is 9.59 Å². The second kappa shape index (κ2) is 8.55. The smallest absolute Gasteiger partial charge is 0.254 e. The number of nitrogens with zero attached hydrogens (tertiary/aromatic N) is 2. The molecule has 2 aromatic rings. The fourth-order valence-electron chi connectivity index (χ4n) is 3.11. The number of thiazole rings is 1. The lowest BCUT2D eigenvalue weighted by atomic mass is 10.1. The van der Waals surface area contributed by atoms with Gasteiger partial charge < -0.3 is 19.7 Å². The van der Waals surface area contributed by atoms with E-state index in [0.717, 1.165) is 5.01 Å². The first-order valence-electron chi connectivity index (χ1n) is 8.81. The number of ether oxygens (including phenoxy) is 2. The van der Waals surface area contributed by atoms with Crippen LogP contribution in [0.1, 0.15) is 27.5 Å². The number of likely N-dealkylation sites (tertiary alicyclic amines) is 1. The Morgan fingerprint density at radius 1 is 1.36 bits per heavy atom. The lowest BCUT2D eigenvalue weighted by Crippen LogP contribution is -2.29. The average molecular weight is 407 g/mol. The molecule has 1 saturated heterocycles. The van der Waals surface area contributed by atoms with Crippen LogP contribution in [-0.4, -0.2) is 55.2 Å². The summed E-state index contributed by atoms with van der Waals surface area (Å²) in [6, 6.07) is 3.06. The van der Waals surface area contributed by atoms with Crippen molar-refractivity contribution in [3.05, 3.63) is 33.8 Å². The van der Waals surface area contributed by atoms with Crippen molar-refractivity contribution >= 4 is 28.8 Å². The Morgan fingerprint density at radius 2 is 2.14 bits per heavy atom. The summed E-state index contributed by atoms with van der Waals surface area (Å²) in [7, 11) is 2.90. The molecule has 0 saturated carbocycles. The molecule has 2 amide bonds. The first-order chi connectivity index (χ1) is 13.4. The van der Waals surface area contributed by atoms with E-state index in [4.69, 9.17) is 9.47 Å². The summed E-state index contributed by atoms with van der Waals surface area (Å²) >= 11 is 1.47. The minimum Gasteiger partial charge on any atom is -0.493 e. The van der Waals surface area contributed by atoms with E-state index in [1.165, 1.54) is 42.6 Å². The predicted octanol–water partition coefficient (Wildman–Crippen LogP) is 2.83. The fraction of sp³-hybridized carbons (Fsp3) is 0.421. The third kappa shape index (κ3) is 4.41. The molecule has 1 N–H and O–H groups in total. The van der Waals surface area contributed by atoms with Gasteiger partial charge in [0.1, 0.15) is 6.17 Å². The quantitative estimate of drug-likeness (QED) is 0.797. The molecule has 1 aromatic carbocycles. The molecule has 2 heterocycles. The number of benzene rings is 1. The molecule has 28 heavy (non-hydrogen) atoms. The zero-order valence-corrected chi connectivity index (χ0v) is 16.8. The number of hydrogen-bond donors (Lipinski definition) is 1. The molecule has 1 aromatic heterocycles. The fourth-order valence-corrected chi connectivity index (χ4v) is 3.73. The Balaban J connectivity index is 1.85. The zero-order valence-electron chi connectivity index (χ0n) is 16.0. The summed E-state index contributed by atoms with van der Waals surface area (Å²) in [5.41, 5.74) is 1.29. The van der Waals surface area contributed by atoms with Crippen LogP contribution in [0.3, 0.4) is 0 Å². The van der Waals surface area contributed by atoms with Gasteiger partial charge in [-0.05, 0) is 25.5 Å². The number of aryl methyl sites for hydroxylation is 1. The number of nitrogens with one attached hydrogen (secondary N) is 1. The molecule has 0 radical (unpaired) electrons. The average Bonchev–Trinajstić information content (AvgIpc) is 3.28. The maximum absolute atomic E-state index is 13.5. The van der Waals surface area contributed by atoms with Gasteiger partial charge in [-0.15, -0.1) is 11.3 Å². The van der Waals surface area contributed by atoms with Gasteiger partial charge in [0.05, 0.1) is 43.6 Å². The normalized spacial score (nSPS) is 16.1. The van der Waals surface area contributed by atoms with Gasteiger partial charge in [-0.1, -0.05) is 0 Å². The number of anilines is 1. The first-order valence-corrected chi connectivity index (χ1v) is 9.69. The van der Waals surface area contributed by atoms with Crippen LogP contribution in [0, 0.1) is 6.92 Å². The standard InChI is InChI=1S/C19H22FN3O4S/c1-11-21-14(10-28-11)8-17(24)22-15-6-12(7-16(26-2)18(15)27-3)19(25)23-5-4-13(20)9-23/h6-7,10,13H,4-5,8-9H2,1-3H3,(H,22,24)/t13-/m1/s1. The largest absolute Gasteiger partial charge is 0.493 e. The first kappa shape index (κ1) is 20.1. The summed E-state index contributed by atoms with van der Waals surface area (Å²) in [5.74, 6) is 0.0165. The van der Waals surface area contributed by atoms with Crippen LogP contribution in [0.15, 0.2) is 17.5 Å². The molecule has 1 aliphatic rings. The van der Waals surface area contributed by atoms with E-state index in [1.807, 2.05) is 12.3 Å². The zero-order chi connectivity index (χ0) is 20.3. The molecule has 150 valence electrons. The van der Waals surface area contributed by atoms with Crippen LogP contribution < -0.4 is 14.8 Å². The number of carbonyl (C=O) groups is 2. The van der Waals surface area contributed by atoms with Gasteiger partial charge >= 0.3 is 0 Å². The Labute approximate surface area is 166 Å². The third-order valence-corrected chi connectivity index (χ3v) is 5.25. The predicted molar refractivity (Wildman–Crippen MR) is 104 cm³/mol. The lowest BCUT2D eigenvalue weighted by molar-refractivity contribution is -0.115. The van der Waals surface area contributed by atoms with Crippen molar-refractivity contribution in [3.8, 4) is 11.5 Å². The lowest BCUT2D eigenvalue weighted by Gasteiger charge is -2.19. The second-order valence-electron chi connectivity index (χ2n) is 6.48. The Morgan fingerprint density at radius 3 is 2.71 bits per heavy atom. The number of alkyl halides is 1. The summed E-state index contributed by atoms with van der Waals surface area (Å²) < 4.78 is 24.2. The van der Waals surface area contributed by atoms with Crippen molar-refractivity contribution in [1.82, 2.24) is 9.88 Å². The van der Waals surface area contributed by atoms with Crippen LogP contribution in [0.2, 0.25) is 0 Å². The van der Waals surface area contributed by atoms with E-state index in [0.29, 0.717) is 41.4 Å². The Hall–Kier alpha value is -2.68. The van der Waals surface area contributed by atoms with E-state index in [-0.39, 0.29) is 24.8 Å². The minimum atomic E-state index is -1.01. The number of rotatable bonds is 6. The van der Waals surface area contributed by atoms with Crippen LogP contribution in [0.4, 0.5) is 10.1 Å². The molecule has 1 fully saturated rings. The highest BCUT2D eigenvalue weighted by molar-refractivity contribution is 7.09. The van der Waals surface area contributed by atoms with Gasteiger partial charge in [0, 0.05) is 17.5 Å². The number of aromatic nitrogens is 1. The van der Waals surface area contributed by atoms with Crippen molar-refractivity contribution in [2.45, 2.75) is 25.9 Å². The SMILES string of the molecule is COc1cc(C(=O)N2CC[C@@H](F)C2)cc(NC(=O)Cc2csc(C)n2)c1OC. The number of halogens is 1. The van der Waals surface area contributed by atoms with Crippen molar-refractivity contribution in [3.63, 3.8) is 0 Å². The van der Waals surface area contributed by atoms with Gasteiger partial charge in [0.2, 0.25) is 5.91 Å². The van der Waals surface area contributed by atoms with Crippen LogP contribution >= 0.6 is 11.3 Å². The molecule has 1 atom stereocenters.